The molecular formula is C10H16O3S. The molecule has 1 saturated heterocycles. The average Bonchev–Trinajstić information content (AvgIpc) is 2.23. The summed E-state index contributed by atoms with van der Waals surface area (Å²) in [4.78, 5) is 0. The van der Waals surface area contributed by atoms with Gasteiger partial charge >= 0.3 is 11.4 Å². The van der Waals surface area contributed by atoms with Crippen molar-refractivity contribution in [2.75, 3.05) is 6.61 Å². The smallest absolute Gasteiger partial charge is 0.268 e. The first-order chi connectivity index (χ1) is 6.77. The summed E-state index contributed by atoms with van der Waals surface area (Å²) in [6.45, 7) is 4.31. The predicted octanol–water partition coefficient (Wildman–Crippen LogP) is 2.12. The lowest BCUT2D eigenvalue weighted by Gasteiger charge is -2.43. The van der Waals surface area contributed by atoms with Gasteiger partial charge in [0.2, 0.25) is 0 Å². The molecule has 2 atom stereocenters. The fourth-order valence-electron chi connectivity index (χ4n) is 2.44. The first kappa shape index (κ1) is 10.3. The highest BCUT2D eigenvalue weighted by Gasteiger charge is 2.44. The molecule has 2 rings (SSSR count). The van der Waals surface area contributed by atoms with Crippen LogP contribution in [0, 0.1) is 5.41 Å². The van der Waals surface area contributed by atoms with E-state index in [0.717, 1.165) is 12.8 Å². The molecule has 0 radical (unpaired) electrons. The van der Waals surface area contributed by atoms with Crippen molar-refractivity contribution in [1.29, 1.82) is 0 Å². The van der Waals surface area contributed by atoms with E-state index in [1.807, 2.05) is 0 Å². The van der Waals surface area contributed by atoms with Crippen LogP contribution >= 0.6 is 0 Å². The minimum atomic E-state index is -1.57. The molecule has 0 bridgehead atoms. The van der Waals surface area contributed by atoms with Crippen molar-refractivity contribution in [3.63, 3.8) is 0 Å². The zero-order chi connectivity index (χ0) is 10.0. The molecule has 1 aliphatic heterocycles. The summed E-state index contributed by atoms with van der Waals surface area (Å²) in [5, 5.41) is 0. The van der Waals surface area contributed by atoms with Gasteiger partial charge in [-0.3, -0.25) is 8.37 Å². The molecule has 0 aromatic rings. The Morgan fingerprint density at radius 1 is 1.36 bits per heavy atom. The van der Waals surface area contributed by atoms with Gasteiger partial charge in [-0.2, -0.15) is 4.21 Å². The Morgan fingerprint density at radius 3 is 2.71 bits per heavy atom. The second kappa shape index (κ2) is 4.13. The third-order valence-corrected chi connectivity index (χ3v) is 3.97. The van der Waals surface area contributed by atoms with Crippen LogP contribution in [-0.4, -0.2) is 16.9 Å². The van der Waals surface area contributed by atoms with Crippen LogP contribution in [0.5, 0.6) is 0 Å². The molecule has 2 fully saturated rings. The van der Waals surface area contributed by atoms with Crippen LogP contribution in [0.3, 0.4) is 0 Å². The summed E-state index contributed by atoms with van der Waals surface area (Å²) in [5.41, 5.74) is 0.0495. The fourth-order valence-corrected chi connectivity index (χ4v) is 3.27. The highest BCUT2D eigenvalue weighted by Crippen LogP contribution is 2.43. The van der Waals surface area contributed by atoms with Gasteiger partial charge in [0.15, 0.2) is 0 Å². The Labute approximate surface area is 87.3 Å². The molecule has 1 spiro atoms. The van der Waals surface area contributed by atoms with E-state index in [1.54, 1.807) is 6.08 Å². The van der Waals surface area contributed by atoms with Gasteiger partial charge in [0.1, 0.15) is 6.10 Å². The van der Waals surface area contributed by atoms with Crippen molar-refractivity contribution in [3.05, 3.63) is 12.7 Å². The molecule has 0 aromatic carbocycles. The van der Waals surface area contributed by atoms with Gasteiger partial charge in [-0.05, 0) is 12.8 Å². The summed E-state index contributed by atoms with van der Waals surface area (Å²) in [6, 6.07) is 0. The summed E-state index contributed by atoms with van der Waals surface area (Å²) >= 11 is -1.57. The van der Waals surface area contributed by atoms with Gasteiger partial charge in [0.25, 0.3) is 0 Å². The molecule has 0 aromatic heterocycles. The highest BCUT2D eigenvalue weighted by molar-refractivity contribution is 7.75. The van der Waals surface area contributed by atoms with Crippen LogP contribution in [0.1, 0.15) is 32.1 Å². The quantitative estimate of drug-likeness (QED) is 0.630. The second-order valence-corrected chi connectivity index (χ2v) is 4.98. The van der Waals surface area contributed by atoms with E-state index in [0.29, 0.717) is 6.61 Å². The predicted molar refractivity (Wildman–Crippen MR) is 54.7 cm³/mol. The van der Waals surface area contributed by atoms with E-state index in [1.165, 1.54) is 19.3 Å². The SMILES string of the molecule is C=CC1OS(=O)OCC12CCCCC2. The van der Waals surface area contributed by atoms with Gasteiger partial charge < -0.3 is 0 Å². The maximum atomic E-state index is 11.1. The molecule has 2 aliphatic rings. The molecule has 4 heteroatoms. The Morgan fingerprint density at radius 2 is 2.07 bits per heavy atom. The lowest BCUT2D eigenvalue weighted by atomic mass is 9.71. The third-order valence-electron chi connectivity index (χ3n) is 3.29. The molecule has 1 saturated carbocycles. The number of hydrogen-bond acceptors (Lipinski definition) is 3. The normalized spacial score (nSPS) is 36.9. The Bertz CT molecular complexity index is 246. The Hall–Kier alpha value is -0.190. The largest absolute Gasteiger partial charge is 0.305 e. The van der Waals surface area contributed by atoms with E-state index >= 15 is 0 Å². The molecule has 1 heterocycles. The maximum absolute atomic E-state index is 11.1. The van der Waals surface area contributed by atoms with E-state index < -0.39 is 11.4 Å². The monoisotopic (exact) mass is 216 g/mol. The minimum Gasteiger partial charge on any atom is -0.268 e. The second-order valence-electron chi connectivity index (χ2n) is 4.14. The van der Waals surface area contributed by atoms with Crippen LogP contribution in [0.15, 0.2) is 12.7 Å². The van der Waals surface area contributed by atoms with Gasteiger partial charge in [-0.25, -0.2) is 0 Å². The van der Waals surface area contributed by atoms with Crippen LogP contribution in [-0.2, 0) is 19.7 Å². The minimum absolute atomic E-state index is 0.0495. The first-order valence-corrected chi connectivity index (χ1v) is 6.12. The van der Waals surface area contributed by atoms with E-state index in [9.17, 15) is 4.21 Å². The Balaban J connectivity index is 2.14. The Kier molecular flexibility index (Phi) is 3.04. The zero-order valence-electron chi connectivity index (χ0n) is 8.24. The summed E-state index contributed by atoms with van der Waals surface area (Å²) in [7, 11) is 0. The molecule has 2 unspecified atom stereocenters. The summed E-state index contributed by atoms with van der Waals surface area (Å²) in [6.07, 6.45) is 7.58. The molecule has 1 aliphatic carbocycles. The molecule has 14 heavy (non-hydrogen) atoms. The highest BCUT2D eigenvalue weighted by atomic mass is 32.2. The van der Waals surface area contributed by atoms with Crippen LogP contribution in [0.25, 0.3) is 0 Å². The van der Waals surface area contributed by atoms with Crippen molar-refractivity contribution in [2.24, 2.45) is 5.41 Å². The lowest BCUT2D eigenvalue weighted by molar-refractivity contribution is -0.0278. The third kappa shape index (κ3) is 1.78. The van der Waals surface area contributed by atoms with Crippen molar-refractivity contribution < 1.29 is 12.6 Å². The van der Waals surface area contributed by atoms with Gasteiger partial charge in [-0.1, -0.05) is 25.3 Å². The fraction of sp³-hybridized carbons (Fsp3) is 0.800. The van der Waals surface area contributed by atoms with E-state index in [4.69, 9.17) is 8.37 Å². The van der Waals surface area contributed by atoms with Crippen molar-refractivity contribution >= 4 is 11.4 Å². The van der Waals surface area contributed by atoms with Gasteiger partial charge in [-0.15, -0.1) is 6.58 Å². The van der Waals surface area contributed by atoms with E-state index in [2.05, 4.69) is 6.58 Å². The zero-order valence-corrected chi connectivity index (χ0v) is 9.05. The lowest BCUT2D eigenvalue weighted by Crippen LogP contribution is -2.46. The summed E-state index contributed by atoms with van der Waals surface area (Å²) < 4.78 is 21.4. The average molecular weight is 216 g/mol. The van der Waals surface area contributed by atoms with Gasteiger partial charge in [0.05, 0.1) is 6.61 Å². The summed E-state index contributed by atoms with van der Waals surface area (Å²) in [5.74, 6) is 0. The molecule has 0 N–H and O–H groups in total. The number of rotatable bonds is 1. The number of hydrogen-bond donors (Lipinski definition) is 0. The molecule has 80 valence electrons. The first-order valence-electron chi connectivity index (χ1n) is 5.12. The topological polar surface area (TPSA) is 35.5 Å². The molecular weight excluding hydrogens is 200 g/mol. The van der Waals surface area contributed by atoms with E-state index in [-0.39, 0.29) is 11.5 Å². The van der Waals surface area contributed by atoms with Crippen molar-refractivity contribution in [2.45, 2.75) is 38.2 Å². The van der Waals surface area contributed by atoms with Gasteiger partial charge in [0, 0.05) is 5.41 Å². The standard InChI is InChI=1S/C10H16O3S/c1-2-9-10(6-4-3-5-7-10)8-12-14(11)13-9/h2,9H,1,3-8H2. The van der Waals surface area contributed by atoms with Crippen LogP contribution < -0.4 is 0 Å². The molecule has 0 amide bonds. The van der Waals surface area contributed by atoms with Crippen molar-refractivity contribution in [1.82, 2.24) is 0 Å². The van der Waals surface area contributed by atoms with Crippen LogP contribution in [0.2, 0.25) is 0 Å². The van der Waals surface area contributed by atoms with Crippen molar-refractivity contribution in [3.8, 4) is 0 Å². The maximum Gasteiger partial charge on any atom is 0.305 e. The van der Waals surface area contributed by atoms with Crippen LogP contribution in [0.4, 0.5) is 0 Å². The molecule has 3 nitrogen and oxygen atoms in total.